The highest BCUT2D eigenvalue weighted by Crippen LogP contribution is 2.45. The summed E-state index contributed by atoms with van der Waals surface area (Å²) in [5, 5.41) is 0. The van der Waals surface area contributed by atoms with E-state index in [2.05, 4.69) is 63.7 Å². The summed E-state index contributed by atoms with van der Waals surface area (Å²) in [6, 6.07) is 10.9. The monoisotopic (exact) mass is 382 g/mol. The van der Waals surface area contributed by atoms with Crippen LogP contribution in [0.25, 0.3) is 0 Å². The van der Waals surface area contributed by atoms with Crippen LogP contribution in [-0.4, -0.2) is 48.6 Å². The molecule has 0 amide bonds. The van der Waals surface area contributed by atoms with Gasteiger partial charge >= 0.3 is 0 Å². The molecular formula is C17H23IN2. The van der Waals surface area contributed by atoms with Crippen LogP contribution in [0.15, 0.2) is 24.3 Å². The summed E-state index contributed by atoms with van der Waals surface area (Å²) < 4.78 is 1.35. The Labute approximate surface area is 135 Å². The second-order valence-corrected chi connectivity index (χ2v) is 8.03. The number of fused-ring (bicyclic) bond motifs is 2. The summed E-state index contributed by atoms with van der Waals surface area (Å²) in [6.45, 7) is 3.93. The third-order valence-corrected chi connectivity index (χ3v) is 6.56. The number of piperidine rings is 4. The molecule has 1 aromatic carbocycles. The first-order valence-corrected chi connectivity index (χ1v) is 9.01. The van der Waals surface area contributed by atoms with Gasteiger partial charge in [0, 0.05) is 21.6 Å². The Balaban J connectivity index is 1.68. The largest absolute Gasteiger partial charge is 0.302 e. The summed E-state index contributed by atoms with van der Waals surface area (Å²) in [5.41, 5.74) is 1.57. The van der Waals surface area contributed by atoms with Crippen LogP contribution >= 0.6 is 22.6 Å². The van der Waals surface area contributed by atoms with E-state index in [1.807, 2.05) is 0 Å². The molecule has 4 heterocycles. The Bertz CT molecular complexity index is 478. The zero-order chi connectivity index (χ0) is 13.7. The van der Waals surface area contributed by atoms with E-state index >= 15 is 0 Å². The van der Waals surface area contributed by atoms with Crippen LogP contribution < -0.4 is 0 Å². The number of rotatable bonds is 1. The fourth-order valence-corrected chi connectivity index (χ4v) is 5.26. The Morgan fingerprint density at radius 2 is 1.65 bits per heavy atom. The SMILES string of the molecule is CN1CCC(c2ccc(I)cc2)C2C1C1CCN2CC1. The maximum absolute atomic E-state index is 2.79. The second-order valence-electron chi connectivity index (χ2n) is 6.78. The number of benzene rings is 1. The fraction of sp³-hybridized carbons (Fsp3) is 0.647. The van der Waals surface area contributed by atoms with Crippen molar-refractivity contribution in [1.82, 2.24) is 9.80 Å². The molecule has 4 fully saturated rings. The zero-order valence-electron chi connectivity index (χ0n) is 12.1. The molecule has 1 aromatic rings. The van der Waals surface area contributed by atoms with Crippen molar-refractivity contribution in [3.05, 3.63) is 33.4 Å². The minimum absolute atomic E-state index is 0.747. The van der Waals surface area contributed by atoms with E-state index in [1.165, 1.54) is 42.5 Å². The lowest BCUT2D eigenvalue weighted by atomic mass is 9.69. The minimum Gasteiger partial charge on any atom is -0.302 e. The summed E-state index contributed by atoms with van der Waals surface area (Å²) in [5.74, 6) is 1.69. The molecule has 4 saturated heterocycles. The van der Waals surface area contributed by atoms with E-state index in [0.717, 1.165) is 23.9 Å². The normalized spacial score (nSPS) is 40.6. The molecule has 3 heteroatoms. The van der Waals surface area contributed by atoms with E-state index in [0.29, 0.717) is 0 Å². The highest BCUT2D eigenvalue weighted by molar-refractivity contribution is 14.1. The lowest BCUT2D eigenvalue weighted by molar-refractivity contribution is -0.0684. The molecule has 0 radical (unpaired) electrons. The Morgan fingerprint density at radius 1 is 0.950 bits per heavy atom. The van der Waals surface area contributed by atoms with Crippen molar-refractivity contribution in [2.45, 2.75) is 37.3 Å². The number of nitrogens with zero attached hydrogens (tertiary/aromatic N) is 2. The van der Waals surface area contributed by atoms with Crippen LogP contribution in [0, 0.1) is 9.49 Å². The smallest absolute Gasteiger partial charge is 0.0323 e. The number of likely N-dealkylation sites (tertiary alicyclic amines) is 1. The van der Waals surface area contributed by atoms with Gasteiger partial charge < -0.3 is 4.90 Å². The van der Waals surface area contributed by atoms with Crippen LogP contribution in [0.3, 0.4) is 0 Å². The van der Waals surface area contributed by atoms with Gasteiger partial charge in [-0.15, -0.1) is 0 Å². The third-order valence-electron chi connectivity index (χ3n) is 5.84. The minimum atomic E-state index is 0.747. The quantitative estimate of drug-likeness (QED) is 0.689. The van der Waals surface area contributed by atoms with E-state index in [-0.39, 0.29) is 0 Å². The van der Waals surface area contributed by atoms with E-state index in [9.17, 15) is 0 Å². The Hall–Kier alpha value is -0.130. The topological polar surface area (TPSA) is 6.48 Å². The van der Waals surface area contributed by atoms with Gasteiger partial charge in [-0.2, -0.15) is 0 Å². The molecule has 0 aliphatic carbocycles. The lowest BCUT2D eigenvalue weighted by Crippen LogP contribution is -2.67. The Kier molecular flexibility index (Phi) is 3.55. The van der Waals surface area contributed by atoms with Crippen LogP contribution in [0.1, 0.15) is 30.7 Å². The van der Waals surface area contributed by atoms with Gasteiger partial charge in [-0.1, -0.05) is 12.1 Å². The molecule has 0 saturated carbocycles. The van der Waals surface area contributed by atoms with E-state index < -0.39 is 0 Å². The Morgan fingerprint density at radius 3 is 2.35 bits per heavy atom. The molecule has 4 aliphatic rings. The number of halogens is 1. The number of hydrogen-bond donors (Lipinski definition) is 0. The molecule has 0 aromatic heterocycles. The van der Waals surface area contributed by atoms with Crippen molar-refractivity contribution in [1.29, 1.82) is 0 Å². The fourth-order valence-electron chi connectivity index (χ4n) is 4.90. The highest BCUT2D eigenvalue weighted by Gasteiger charge is 2.49. The first-order chi connectivity index (χ1) is 9.74. The molecule has 3 unspecified atom stereocenters. The second kappa shape index (κ2) is 5.25. The molecule has 2 nitrogen and oxygen atoms in total. The van der Waals surface area contributed by atoms with Gasteiger partial charge in [-0.3, -0.25) is 4.90 Å². The van der Waals surface area contributed by atoms with Crippen LogP contribution in [0.4, 0.5) is 0 Å². The highest BCUT2D eigenvalue weighted by atomic mass is 127. The van der Waals surface area contributed by atoms with Crippen molar-refractivity contribution >= 4 is 22.6 Å². The number of hydrogen-bond acceptors (Lipinski definition) is 2. The van der Waals surface area contributed by atoms with Gasteiger partial charge in [-0.25, -0.2) is 0 Å². The predicted molar refractivity (Wildman–Crippen MR) is 91.0 cm³/mol. The third kappa shape index (κ3) is 2.13. The average molecular weight is 382 g/mol. The molecule has 4 aliphatic heterocycles. The van der Waals surface area contributed by atoms with Gasteiger partial charge in [0.1, 0.15) is 0 Å². The maximum Gasteiger partial charge on any atom is 0.0323 e. The zero-order valence-corrected chi connectivity index (χ0v) is 14.3. The van der Waals surface area contributed by atoms with Gasteiger partial charge in [0.05, 0.1) is 0 Å². The maximum atomic E-state index is 2.79. The van der Waals surface area contributed by atoms with Gasteiger partial charge in [0.2, 0.25) is 0 Å². The van der Waals surface area contributed by atoms with Crippen LogP contribution in [0.5, 0.6) is 0 Å². The van der Waals surface area contributed by atoms with E-state index in [1.54, 1.807) is 5.56 Å². The van der Waals surface area contributed by atoms with Crippen LogP contribution in [0.2, 0.25) is 0 Å². The molecular weight excluding hydrogens is 359 g/mol. The molecule has 0 spiro atoms. The molecule has 5 rings (SSSR count). The van der Waals surface area contributed by atoms with Gasteiger partial charge in [-0.05, 0) is 92.1 Å². The van der Waals surface area contributed by atoms with Gasteiger partial charge in [0.15, 0.2) is 0 Å². The average Bonchev–Trinajstić information content (AvgIpc) is 2.50. The molecule has 108 valence electrons. The summed E-state index contributed by atoms with van der Waals surface area (Å²) in [6.07, 6.45) is 4.16. The summed E-state index contributed by atoms with van der Waals surface area (Å²) in [4.78, 5) is 5.45. The van der Waals surface area contributed by atoms with Crippen molar-refractivity contribution < 1.29 is 0 Å². The first-order valence-electron chi connectivity index (χ1n) is 7.94. The van der Waals surface area contributed by atoms with Gasteiger partial charge in [0.25, 0.3) is 0 Å². The van der Waals surface area contributed by atoms with Crippen molar-refractivity contribution in [3.8, 4) is 0 Å². The standard InChI is InChI=1S/C17H23IN2/c1-19-9-8-15(12-2-4-14(18)5-3-12)17-16(19)13-6-10-20(17)11-7-13/h2-5,13,15-17H,6-11H2,1H3. The molecule has 2 bridgehead atoms. The number of likely N-dealkylation sites (N-methyl/N-ethyl adjacent to an activating group) is 1. The van der Waals surface area contributed by atoms with Crippen molar-refractivity contribution in [2.75, 3.05) is 26.7 Å². The van der Waals surface area contributed by atoms with E-state index in [4.69, 9.17) is 0 Å². The lowest BCUT2D eigenvalue weighted by Gasteiger charge is -2.59. The predicted octanol–water partition coefficient (Wildman–Crippen LogP) is 3.17. The molecule has 3 atom stereocenters. The summed E-state index contributed by atoms with van der Waals surface area (Å²) >= 11 is 2.41. The van der Waals surface area contributed by atoms with Crippen LogP contribution in [-0.2, 0) is 0 Å². The summed E-state index contributed by atoms with van der Waals surface area (Å²) in [7, 11) is 2.35. The molecule has 20 heavy (non-hydrogen) atoms. The van der Waals surface area contributed by atoms with Crippen molar-refractivity contribution in [2.24, 2.45) is 5.92 Å². The van der Waals surface area contributed by atoms with Crippen molar-refractivity contribution in [3.63, 3.8) is 0 Å². The molecule has 0 N–H and O–H groups in total. The first kappa shape index (κ1) is 13.5.